The molecule has 0 fully saturated rings. The van der Waals surface area contributed by atoms with Crippen LogP contribution in [-0.2, 0) is 16.0 Å². The van der Waals surface area contributed by atoms with Crippen LogP contribution in [0.3, 0.4) is 0 Å². The van der Waals surface area contributed by atoms with Gasteiger partial charge in [0.05, 0.1) is 12.5 Å². The van der Waals surface area contributed by atoms with Crippen molar-refractivity contribution in [3.05, 3.63) is 65.4 Å². The second kappa shape index (κ2) is 7.91. The molecule has 1 atom stereocenters. The summed E-state index contributed by atoms with van der Waals surface area (Å²) < 4.78 is 6.91. The lowest BCUT2D eigenvalue weighted by Crippen LogP contribution is -2.47. The van der Waals surface area contributed by atoms with Gasteiger partial charge in [-0.2, -0.15) is 0 Å². The summed E-state index contributed by atoms with van der Waals surface area (Å²) in [5.74, 6) is -1.51. The molecular formula is C20H17N5O4S. The maximum Gasteiger partial charge on any atom is 0.287 e. The minimum atomic E-state index is -1.13. The molecule has 0 aliphatic carbocycles. The van der Waals surface area contributed by atoms with Gasteiger partial charge in [0.1, 0.15) is 23.4 Å². The molecular weight excluding hydrogens is 406 g/mol. The number of furan rings is 1. The molecule has 0 aromatic carbocycles. The number of nitrogens with two attached hydrogens (primary N) is 1. The molecule has 0 bridgehead atoms. The molecule has 4 aromatic rings. The molecule has 0 radical (unpaired) electrons. The van der Waals surface area contributed by atoms with E-state index >= 15 is 0 Å². The lowest BCUT2D eigenvalue weighted by atomic mass is 10.0. The second-order valence-electron chi connectivity index (χ2n) is 6.56. The van der Waals surface area contributed by atoms with Crippen LogP contribution in [0.1, 0.15) is 21.9 Å². The Kier molecular flexibility index (Phi) is 5.15. The number of fused-ring (bicyclic) bond motifs is 1. The fraction of sp³-hybridized carbons (Fsp3) is 0.150. The van der Waals surface area contributed by atoms with Crippen molar-refractivity contribution in [2.75, 3.05) is 0 Å². The van der Waals surface area contributed by atoms with Crippen molar-refractivity contribution in [3.8, 4) is 5.82 Å². The van der Waals surface area contributed by atoms with Gasteiger partial charge in [-0.25, -0.2) is 9.97 Å². The summed E-state index contributed by atoms with van der Waals surface area (Å²) in [5, 5.41) is 5.28. The number of ketones is 1. The van der Waals surface area contributed by atoms with Crippen LogP contribution in [0.5, 0.6) is 0 Å². The highest BCUT2D eigenvalue weighted by Crippen LogP contribution is 2.28. The number of Topliss-reactive ketones (excluding diaryl/α,β-unsaturated/α-hetero) is 1. The van der Waals surface area contributed by atoms with Gasteiger partial charge in [-0.1, -0.05) is 6.07 Å². The molecule has 0 saturated carbocycles. The molecule has 10 heteroatoms. The van der Waals surface area contributed by atoms with Crippen LogP contribution in [0.25, 0.3) is 16.1 Å². The van der Waals surface area contributed by atoms with Crippen LogP contribution in [-0.4, -0.2) is 38.2 Å². The first-order valence-corrected chi connectivity index (χ1v) is 9.87. The number of aryl methyl sites for hydroxylation is 1. The van der Waals surface area contributed by atoms with Crippen LogP contribution in [0.4, 0.5) is 0 Å². The minimum Gasteiger partial charge on any atom is -0.454 e. The first-order chi connectivity index (χ1) is 14.5. The Bertz CT molecular complexity index is 1240. The lowest BCUT2D eigenvalue weighted by molar-refractivity contribution is -0.137. The Labute approximate surface area is 174 Å². The molecule has 0 spiro atoms. The maximum absolute atomic E-state index is 13.0. The number of hydrogen-bond acceptors (Lipinski definition) is 7. The van der Waals surface area contributed by atoms with E-state index in [1.54, 1.807) is 48.2 Å². The van der Waals surface area contributed by atoms with E-state index < -0.39 is 23.6 Å². The van der Waals surface area contributed by atoms with E-state index in [9.17, 15) is 14.4 Å². The van der Waals surface area contributed by atoms with Crippen LogP contribution in [0.2, 0.25) is 0 Å². The Morgan fingerprint density at radius 1 is 1.27 bits per heavy atom. The molecule has 4 heterocycles. The minimum absolute atomic E-state index is 0.101. The summed E-state index contributed by atoms with van der Waals surface area (Å²) in [7, 11) is 0. The van der Waals surface area contributed by atoms with Gasteiger partial charge < -0.3 is 15.5 Å². The van der Waals surface area contributed by atoms with E-state index in [4.69, 9.17) is 10.2 Å². The Morgan fingerprint density at radius 3 is 2.83 bits per heavy atom. The summed E-state index contributed by atoms with van der Waals surface area (Å²) >= 11 is 1.37. The quantitative estimate of drug-likeness (QED) is 0.435. The largest absolute Gasteiger partial charge is 0.454 e. The van der Waals surface area contributed by atoms with E-state index in [2.05, 4.69) is 15.3 Å². The average Bonchev–Trinajstić information content (AvgIpc) is 3.44. The number of nitrogens with one attached hydrogen (secondary N) is 1. The SMILES string of the molecule is Cc1ncc(C(=O)NC(Cc2csc3occc23)C(=O)C(N)=O)n1-c1ccccn1. The van der Waals surface area contributed by atoms with Gasteiger partial charge in [-0.3, -0.25) is 19.0 Å². The van der Waals surface area contributed by atoms with Crippen LogP contribution in [0.15, 0.2) is 52.7 Å². The first-order valence-electron chi connectivity index (χ1n) is 8.99. The third kappa shape index (κ3) is 3.60. The van der Waals surface area contributed by atoms with E-state index in [1.165, 1.54) is 17.5 Å². The molecule has 3 N–H and O–H groups in total. The monoisotopic (exact) mass is 423 g/mol. The van der Waals surface area contributed by atoms with E-state index in [1.807, 2.05) is 5.38 Å². The van der Waals surface area contributed by atoms with Crippen LogP contribution in [0, 0.1) is 6.92 Å². The van der Waals surface area contributed by atoms with Gasteiger partial charge in [-0.05, 0) is 36.1 Å². The molecule has 0 aliphatic rings. The average molecular weight is 423 g/mol. The maximum atomic E-state index is 13.0. The third-order valence-electron chi connectivity index (χ3n) is 4.62. The number of carbonyl (C=O) groups is 3. The number of rotatable bonds is 7. The smallest absolute Gasteiger partial charge is 0.287 e. The molecule has 4 aromatic heterocycles. The highest BCUT2D eigenvalue weighted by atomic mass is 32.1. The molecule has 1 unspecified atom stereocenters. The van der Waals surface area contributed by atoms with Gasteiger partial charge in [0.25, 0.3) is 11.8 Å². The number of thiophene rings is 1. The summed E-state index contributed by atoms with van der Waals surface area (Å²) in [6, 6.07) is 5.92. The Balaban J connectivity index is 1.64. The summed E-state index contributed by atoms with van der Waals surface area (Å²) in [5.41, 5.74) is 6.18. The van der Waals surface area contributed by atoms with E-state index in [-0.39, 0.29) is 12.1 Å². The molecule has 30 heavy (non-hydrogen) atoms. The van der Waals surface area contributed by atoms with Gasteiger partial charge >= 0.3 is 0 Å². The predicted molar refractivity (Wildman–Crippen MR) is 109 cm³/mol. The topological polar surface area (TPSA) is 133 Å². The highest BCUT2D eigenvalue weighted by molar-refractivity contribution is 7.16. The standard InChI is InChI=1S/C20H17N5O4S/c1-11-23-9-15(25(11)16-4-2-3-6-22-16)19(28)24-14(17(26)18(21)27)8-12-10-30-20-13(12)5-7-29-20/h2-7,9-10,14H,8H2,1H3,(H2,21,27)(H,24,28). The van der Waals surface area contributed by atoms with Crippen LogP contribution < -0.4 is 11.1 Å². The van der Waals surface area contributed by atoms with Crippen molar-refractivity contribution in [3.63, 3.8) is 0 Å². The van der Waals surface area contributed by atoms with Gasteiger partial charge in [0.2, 0.25) is 5.78 Å². The van der Waals surface area contributed by atoms with Crippen molar-refractivity contribution in [1.82, 2.24) is 19.9 Å². The predicted octanol–water partition coefficient (Wildman–Crippen LogP) is 1.78. The molecule has 2 amide bonds. The number of nitrogens with zero attached hydrogens (tertiary/aromatic N) is 3. The van der Waals surface area contributed by atoms with Gasteiger partial charge in [0.15, 0.2) is 4.90 Å². The number of primary amides is 1. The number of amides is 2. The summed E-state index contributed by atoms with van der Waals surface area (Å²) in [6.07, 6.45) is 4.64. The Morgan fingerprint density at radius 2 is 2.10 bits per heavy atom. The molecule has 152 valence electrons. The zero-order valence-corrected chi connectivity index (χ0v) is 16.7. The lowest BCUT2D eigenvalue weighted by Gasteiger charge is -2.17. The van der Waals surface area contributed by atoms with E-state index in [0.717, 1.165) is 10.9 Å². The summed E-state index contributed by atoms with van der Waals surface area (Å²) in [4.78, 5) is 46.1. The van der Waals surface area contributed by atoms with E-state index in [0.29, 0.717) is 16.5 Å². The van der Waals surface area contributed by atoms with Crippen LogP contribution >= 0.6 is 11.3 Å². The Hall–Kier alpha value is -3.79. The second-order valence-corrected chi connectivity index (χ2v) is 7.40. The zero-order chi connectivity index (χ0) is 21.3. The zero-order valence-electron chi connectivity index (χ0n) is 15.9. The number of aromatic nitrogens is 3. The van der Waals surface area contributed by atoms with Crippen molar-refractivity contribution < 1.29 is 18.8 Å². The third-order valence-corrected chi connectivity index (χ3v) is 5.55. The molecule has 0 aliphatic heterocycles. The highest BCUT2D eigenvalue weighted by Gasteiger charge is 2.28. The number of hydrogen-bond donors (Lipinski definition) is 2. The normalized spacial score (nSPS) is 12.0. The number of carbonyl (C=O) groups excluding carboxylic acids is 3. The number of pyridine rings is 1. The van der Waals surface area contributed by atoms with Crippen molar-refractivity contribution in [2.45, 2.75) is 19.4 Å². The number of imidazole rings is 1. The first kappa shape index (κ1) is 19.5. The van der Waals surface area contributed by atoms with Gasteiger partial charge in [-0.15, -0.1) is 11.3 Å². The fourth-order valence-electron chi connectivity index (χ4n) is 3.18. The summed E-state index contributed by atoms with van der Waals surface area (Å²) in [6.45, 7) is 1.73. The van der Waals surface area contributed by atoms with Crippen molar-refractivity contribution in [2.24, 2.45) is 5.73 Å². The molecule has 4 rings (SSSR count). The molecule has 9 nitrogen and oxygen atoms in total. The van der Waals surface area contributed by atoms with Crippen molar-refractivity contribution in [1.29, 1.82) is 0 Å². The van der Waals surface area contributed by atoms with Crippen molar-refractivity contribution >= 4 is 39.2 Å². The molecule has 0 saturated heterocycles. The fourth-order valence-corrected chi connectivity index (χ4v) is 4.09. The van der Waals surface area contributed by atoms with Gasteiger partial charge in [0, 0.05) is 18.0 Å².